The number of amides is 1. The number of nitrogens with one attached hydrogen (secondary N) is 1. The second kappa shape index (κ2) is 8.31. The van der Waals surface area contributed by atoms with Crippen molar-refractivity contribution in [3.05, 3.63) is 71.4 Å². The number of ether oxygens (including phenoxy) is 1. The molecule has 1 N–H and O–H groups in total. The summed E-state index contributed by atoms with van der Waals surface area (Å²) in [6.45, 7) is 4.08. The van der Waals surface area contributed by atoms with Crippen LogP contribution in [-0.2, 0) is 16.0 Å². The number of anilines is 1. The monoisotopic (exact) mass is 364 g/mol. The molecule has 1 amide bonds. The predicted octanol–water partition coefficient (Wildman–Crippen LogP) is 4.01. The molecule has 6 nitrogen and oxygen atoms in total. The van der Waals surface area contributed by atoms with Crippen LogP contribution in [0.15, 0.2) is 59.1 Å². The normalized spacial score (nSPS) is 10.4. The van der Waals surface area contributed by atoms with Crippen molar-refractivity contribution in [2.75, 3.05) is 11.9 Å². The van der Waals surface area contributed by atoms with Gasteiger partial charge in [-0.25, -0.2) is 4.79 Å². The fraction of sp³-hybridized carbons (Fsp3) is 0.190. The highest BCUT2D eigenvalue weighted by molar-refractivity contribution is 5.93. The summed E-state index contributed by atoms with van der Waals surface area (Å²) < 4.78 is 10.3. The first-order valence-corrected chi connectivity index (χ1v) is 8.65. The summed E-state index contributed by atoms with van der Waals surface area (Å²) in [6, 6.07) is 16.2. The summed E-state index contributed by atoms with van der Waals surface area (Å²) >= 11 is 0. The van der Waals surface area contributed by atoms with Crippen molar-refractivity contribution in [2.24, 2.45) is 0 Å². The van der Waals surface area contributed by atoms with Gasteiger partial charge in [0.05, 0.1) is 24.3 Å². The number of aryl methyl sites for hydroxylation is 1. The summed E-state index contributed by atoms with van der Waals surface area (Å²) in [6.07, 6.45) is 0.0923. The van der Waals surface area contributed by atoms with Gasteiger partial charge in [0, 0.05) is 17.3 Å². The molecule has 138 valence electrons. The third-order valence-electron chi connectivity index (χ3n) is 3.92. The summed E-state index contributed by atoms with van der Waals surface area (Å²) in [5, 5.41) is 6.73. The lowest BCUT2D eigenvalue weighted by atomic mass is 10.1. The van der Waals surface area contributed by atoms with Crippen molar-refractivity contribution < 1.29 is 18.8 Å². The fourth-order valence-corrected chi connectivity index (χ4v) is 2.52. The van der Waals surface area contributed by atoms with E-state index in [4.69, 9.17) is 9.26 Å². The Kier molecular flexibility index (Phi) is 5.66. The molecule has 6 heteroatoms. The molecule has 1 heterocycles. The number of hydrogen-bond acceptors (Lipinski definition) is 5. The van der Waals surface area contributed by atoms with Crippen LogP contribution in [0, 0.1) is 6.92 Å². The third-order valence-corrected chi connectivity index (χ3v) is 3.92. The Morgan fingerprint density at radius 1 is 1.07 bits per heavy atom. The van der Waals surface area contributed by atoms with Gasteiger partial charge in [0.25, 0.3) is 0 Å². The molecule has 0 radical (unpaired) electrons. The van der Waals surface area contributed by atoms with E-state index in [0.717, 1.165) is 11.1 Å². The first-order chi connectivity index (χ1) is 13.0. The molecule has 3 aromatic rings. The summed E-state index contributed by atoms with van der Waals surface area (Å²) in [7, 11) is 0. The van der Waals surface area contributed by atoms with Gasteiger partial charge in [-0.1, -0.05) is 35.0 Å². The van der Waals surface area contributed by atoms with Crippen molar-refractivity contribution in [3.63, 3.8) is 0 Å². The second-order valence-corrected chi connectivity index (χ2v) is 6.07. The number of hydrogen-bond donors (Lipinski definition) is 1. The molecule has 0 saturated heterocycles. The van der Waals surface area contributed by atoms with Gasteiger partial charge in [0.15, 0.2) is 5.76 Å². The molecule has 0 bridgehead atoms. The van der Waals surface area contributed by atoms with E-state index >= 15 is 0 Å². The van der Waals surface area contributed by atoms with Gasteiger partial charge in [0.1, 0.15) is 0 Å². The van der Waals surface area contributed by atoms with Crippen LogP contribution in [0.2, 0.25) is 0 Å². The second-order valence-electron chi connectivity index (χ2n) is 6.07. The molecule has 27 heavy (non-hydrogen) atoms. The zero-order valence-corrected chi connectivity index (χ0v) is 15.2. The van der Waals surface area contributed by atoms with Crippen LogP contribution < -0.4 is 5.32 Å². The number of rotatable bonds is 6. The van der Waals surface area contributed by atoms with E-state index < -0.39 is 0 Å². The molecule has 0 aliphatic rings. The van der Waals surface area contributed by atoms with E-state index in [-0.39, 0.29) is 18.3 Å². The van der Waals surface area contributed by atoms with E-state index in [1.807, 2.05) is 31.2 Å². The van der Waals surface area contributed by atoms with Crippen LogP contribution in [0.4, 0.5) is 5.69 Å². The van der Waals surface area contributed by atoms with Gasteiger partial charge in [-0.3, -0.25) is 4.79 Å². The smallest absolute Gasteiger partial charge is 0.338 e. The first-order valence-electron chi connectivity index (χ1n) is 8.65. The molecule has 2 aromatic carbocycles. The maximum absolute atomic E-state index is 12.2. The third kappa shape index (κ3) is 4.82. The van der Waals surface area contributed by atoms with Crippen LogP contribution in [-0.4, -0.2) is 23.6 Å². The van der Waals surface area contributed by atoms with Crippen molar-refractivity contribution >= 4 is 17.6 Å². The largest absolute Gasteiger partial charge is 0.462 e. The van der Waals surface area contributed by atoms with Gasteiger partial charge < -0.3 is 14.6 Å². The van der Waals surface area contributed by atoms with E-state index in [1.54, 1.807) is 37.3 Å². The Hall–Kier alpha value is -3.41. The van der Waals surface area contributed by atoms with Gasteiger partial charge in [0.2, 0.25) is 5.91 Å². The molecule has 0 spiro atoms. The predicted molar refractivity (Wildman–Crippen MR) is 101 cm³/mol. The lowest BCUT2D eigenvalue weighted by Gasteiger charge is -2.05. The minimum absolute atomic E-state index is 0.0923. The number of carbonyl (C=O) groups excluding carboxylic acids is 2. The van der Waals surface area contributed by atoms with E-state index in [0.29, 0.717) is 29.3 Å². The number of nitrogens with zero attached hydrogens (tertiary/aromatic N) is 1. The molecule has 0 unspecified atom stereocenters. The van der Waals surface area contributed by atoms with E-state index in [2.05, 4.69) is 10.5 Å². The van der Waals surface area contributed by atoms with Crippen molar-refractivity contribution in [2.45, 2.75) is 20.3 Å². The minimum Gasteiger partial charge on any atom is -0.462 e. The van der Waals surface area contributed by atoms with Crippen LogP contribution in [0.3, 0.4) is 0 Å². The van der Waals surface area contributed by atoms with Crippen LogP contribution in [0.5, 0.6) is 0 Å². The number of benzene rings is 2. The van der Waals surface area contributed by atoms with Crippen molar-refractivity contribution in [1.82, 2.24) is 5.16 Å². The average Bonchev–Trinajstić information content (AvgIpc) is 3.11. The SMILES string of the molecule is CCOC(=O)c1ccc(NC(=O)Cc2cc(-c3ccc(C)cc3)on2)cc1. The lowest BCUT2D eigenvalue weighted by Crippen LogP contribution is -2.14. The maximum Gasteiger partial charge on any atom is 0.338 e. The molecular formula is C21H20N2O4. The van der Waals surface area contributed by atoms with Crippen molar-refractivity contribution in [1.29, 1.82) is 0 Å². The Morgan fingerprint density at radius 2 is 1.78 bits per heavy atom. The van der Waals surface area contributed by atoms with E-state index in [1.165, 1.54) is 0 Å². The molecule has 1 aromatic heterocycles. The number of carbonyl (C=O) groups is 2. The summed E-state index contributed by atoms with van der Waals surface area (Å²) in [5.74, 6) is 0.0147. The minimum atomic E-state index is -0.387. The summed E-state index contributed by atoms with van der Waals surface area (Å²) in [5.41, 5.74) is 3.65. The zero-order chi connectivity index (χ0) is 19.2. The molecule has 0 aliphatic carbocycles. The van der Waals surface area contributed by atoms with Crippen LogP contribution in [0.1, 0.15) is 28.5 Å². The van der Waals surface area contributed by atoms with Gasteiger partial charge in [-0.2, -0.15) is 0 Å². The van der Waals surface area contributed by atoms with Gasteiger partial charge in [-0.05, 0) is 38.1 Å². The Morgan fingerprint density at radius 3 is 2.44 bits per heavy atom. The van der Waals surface area contributed by atoms with Gasteiger partial charge >= 0.3 is 5.97 Å². The quantitative estimate of drug-likeness (QED) is 0.669. The Labute approximate surface area is 157 Å². The number of esters is 1. The van der Waals surface area contributed by atoms with Crippen LogP contribution >= 0.6 is 0 Å². The zero-order valence-electron chi connectivity index (χ0n) is 15.2. The molecule has 3 rings (SSSR count). The molecule has 0 fully saturated rings. The fourth-order valence-electron chi connectivity index (χ4n) is 2.52. The molecular weight excluding hydrogens is 344 g/mol. The Balaban J connectivity index is 1.59. The molecule has 0 aliphatic heterocycles. The molecule has 0 atom stereocenters. The lowest BCUT2D eigenvalue weighted by molar-refractivity contribution is -0.115. The standard InChI is InChI=1S/C21H20N2O4/c1-3-26-21(25)16-8-10-17(11-9-16)22-20(24)13-18-12-19(27-23-18)15-6-4-14(2)5-7-15/h4-12H,3,13H2,1-2H3,(H,22,24). The first kappa shape index (κ1) is 18.4. The topological polar surface area (TPSA) is 81.4 Å². The highest BCUT2D eigenvalue weighted by Gasteiger charge is 2.12. The molecule has 0 saturated carbocycles. The van der Waals surface area contributed by atoms with Crippen LogP contribution in [0.25, 0.3) is 11.3 Å². The summed E-state index contributed by atoms with van der Waals surface area (Å²) in [4.78, 5) is 23.8. The number of aromatic nitrogens is 1. The van der Waals surface area contributed by atoms with E-state index in [9.17, 15) is 9.59 Å². The van der Waals surface area contributed by atoms with Crippen molar-refractivity contribution in [3.8, 4) is 11.3 Å². The maximum atomic E-state index is 12.2. The highest BCUT2D eigenvalue weighted by atomic mass is 16.5. The van der Waals surface area contributed by atoms with Gasteiger partial charge in [-0.15, -0.1) is 0 Å². The highest BCUT2D eigenvalue weighted by Crippen LogP contribution is 2.21. The average molecular weight is 364 g/mol. The Bertz CT molecular complexity index is 928.